The van der Waals surface area contributed by atoms with Crippen molar-refractivity contribution in [1.82, 2.24) is 4.98 Å². The Morgan fingerprint density at radius 2 is 1.80 bits per heavy atom. The van der Waals surface area contributed by atoms with Gasteiger partial charge in [-0.25, -0.2) is 4.79 Å². The van der Waals surface area contributed by atoms with Gasteiger partial charge in [0.25, 0.3) is 0 Å². The lowest BCUT2D eigenvalue weighted by molar-refractivity contribution is -0.862. The molecule has 6 heteroatoms. The minimum atomic E-state index is -0.416. The first-order chi connectivity index (χ1) is 14.4. The van der Waals surface area contributed by atoms with Crippen LogP contribution in [0.15, 0.2) is 48.8 Å². The molecule has 0 spiro atoms. The summed E-state index contributed by atoms with van der Waals surface area (Å²) in [6, 6.07) is 12.5. The van der Waals surface area contributed by atoms with Gasteiger partial charge in [-0.15, -0.1) is 0 Å². The van der Waals surface area contributed by atoms with E-state index in [1.54, 1.807) is 36.7 Å². The van der Waals surface area contributed by atoms with Gasteiger partial charge in [-0.3, -0.25) is 14.3 Å². The second-order valence-electron chi connectivity index (χ2n) is 8.21. The van der Waals surface area contributed by atoms with E-state index < -0.39 is 5.92 Å². The third-order valence-electron chi connectivity index (χ3n) is 6.08. The highest BCUT2D eigenvalue weighted by molar-refractivity contribution is 5.98. The van der Waals surface area contributed by atoms with Crippen LogP contribution in [0.4, 0.5) is 0 Å². The lowest BCUT2D eigenvalue weighted by Crippen LogP contribution is -2.60. The number of Topliss-reactive ketones (excluding diaryl/α,β-unsaturated/α-hetero) is 1. The van der Waals surface area contributed by atoms with E-state index in [4.69, 9.17) is 5.26 Å². The van der Waals surface area contributed by atoms with E-state index in [2.05, 4.69) is 4.98 Å². The Hall–Kier alpha value is -2.88. The number of benzene rings is 1. The topological polar surface area (TPSA) is 91.0 Å². The van der Waals surface area contributed by atoms with Crippen LogP contribution in [0.5, 0.6) is 0 Å². The van der Waals surface area contributed by atoms with Gasteiger partial charge < -0.3 is 5.11 Å². The Labute approximate surface area is 177 Å². The fourth-order valence-corrected chi connectivity index (χ4v) is 4.18. The molecule has 1 fully saturated rings. The smallest absolute Gasteiger partial charge is 0.316 e. The maximum Gasteiger partial charge on any atom is 0.316 e. The molecule has 3 rings (SSSR count). The molecule has 1 amide bonds. The average molecular weight is 407 g/mol. The molecule has 1 aromatic heterocycles. The molecular weight excluding hydrogens is 378 g/mol. The second kappa shape index (κ2) is 9.75. The standard InChI is InChI=1S/C24H28N3O3/c1-18(16-23(29)21-4-2-20(17-25)3-5-21)24(30)27(14-9-22(28)10-15-27)13-8-19-6-11-26-12-7-19/h2-7,11-12,18,22,28H,8-10,13-16H2,1H3/q+1/t18-,22?,27?/m1/s1. The Kier molecular flexibility index (Phi) is 7.09. The van der Waals surface area contributed by atoms with Gasteiger partial charge >= 0.3 is 5.91 Å². The monoisotopic (exact) mass is 406 g/mol. The molecule has 0 unspecified atom stereocenters. The maximum atomic E-state index is 13.5. The zero-order valence-electron chi connectivity index (χ0n) is 17.3. The summed E-state index contributed by atoms with van der Waals surface area (Å²) in [6.07, 6.45) is 5.22. The van der Waals surface area contributed by atoms with Crippen LogP contribution in [-0.2, 0) is 11.2 Å². The molecule has 156 valence electrons. The van der Waals surface area contributed by atoms with Gasteiger partial charge in [-0.1, -0.05) is 12.1 Å². The molecule has 1 aliphatic heterocycles. The molecule has 2 aromatic rings. The number of nitriles is 1. The summed E-state index contributed by atoms with van der Waals surface area (Å²) in [7, 11) is 0. The minimum absolute atomic E-state index is 0.0675. The Morgan fingerprint density at radius 3 is 2.40 bits per heavy atom. The predicted molar refractivity (Wildman–Crippen MR) is 112 cm³/mol. The van der Waals surface area contributed by atoms with Crippen molar-refractivity contribution in [3.63, 3.8) is 0 Å². The predicted octanol–water partition coefficient (Wildman–Crippen LogP) is 2.90. The summed E-state index contributed by atoms with van der Waals surface area (Å²) in [5, 5.41) is 18.9. The summed E-state index contributed by atoms with van der Waals surface area (Å²) >= 11 is 0. The highest BCUT2D eigenvalue weighted by atomic mass is 16.3. The van der Waals surface area contributed by atoms with E-state index in [1.807, 2.05) is 25.1 Å². The normalized spacial score (nSPS) is 22.1. The van der Waals surface area contributed by atoms with E-state index in [0.29, 0.717) is 48.1 Å². The lowest BCUT2D eigenvalue weighted by Gasteiger charge is -2.41. The van der Waals surface area contributed by atoms with Gasteiger partial charge in [-0.2, -0.15) is 5.26 Å². The van der Waals surface area contributed by atoms with E-state index in [-0.39, 0.29) is 24.2 Å². The molecule has 0 aliphatic carbocycles. The molecule has 1 N–H and O–H groups in total. The van der Waals surface area contributed by atoms with Crippen LogP contribution in [0, 0.1) is 17.2 Å². The third kappa shape index (κ3) is 5.18. The van der Waals surface area contributed by atoms with Crippen molar-refractivity contribution in [3.8, 4) is 6.07 Å². The zero-order chi connectivity index (χ0) is 21.6. The molecule has 2 heterocycles. The molecule has 0 bridgehead atoms. The number of hydrogen-bond acceptors (Lipinski definition) is 5. The Morgan fingerprint density at radius 1 is 1.17 bits per heavy atom. The van der Waals surface area contributed by atoms with Crippen molar-refractivity contribution >= 4 is 11.7 Å². The Bertz CT molecular complexity index is 911. The lowest BCUT2D eigenvalue weighted by atomic mass is 9.94. The summed E-state index contributed by atoms with van der Waals surface area (Å²) in [5.74, 6) is -0.441. The van der Waals surface area contributed by atoms with Crippen LogP contribution in [0.1, 0.15) is 47.7 Å². The molecule has 30 heavy (non-hydrogen) atoms. The summed E-state index contributed by atoms with van der Waals surface area (Å²) in [4.78, 5) is 30.2. The Balaban J connectivity index is 1.71. The van der Waals surface area contributed by atoms with Crippen LogP contribution in [0.3, 0.4) is 0 Å². The molecule has 0 saturated carbocycles. The first kappa shape index (κ1) is 21.8. The van der Waals surface area contributed by atoms with E-state index >= 15 is 0 Å². The average Bonchev–Trinajstić information content (AvgIpc) is 2.79. The van der Waals surface area contributed by atoms with E-state index in [0.717, 1.165) is 12.0 Å². The minimum Gasteiger partial charge on any atom is -0.393 e. The van der Waals surface area contributed by atoms with Crippen molar-refractivity contribution < 1.29 is 19.2 Å². The van der Waals surface area contributed by atoms with Crippen LogP contribution >= 0.6 is 0 Å². The second-order valence-corrected chi connectivity index (χ2v) is 8.21. The number of piperidine rings is 1. The van der Waals surface area contributed by atoms with Crippen molar-refractivity contribution in [2.45, 2.75) is 38.7 Å². The number of quaternary nitrogens is 1. The summed E-state index contributed by atoms with van der Waals surface area (Å²) < 4.78 is 0.307. The fourth-order valence-electron chi connectivity index (χ4n) is 4.18. The molecule has 1 aliphatic rings. The number of ketones is 1. The van der Waals surface area contributed by atoms with E-state index in [1.165, 1.54) is 0 Å². The number of aliphatic hydroxyl groups excluding tert-OH is 1. The van der Waals surface area contributed by atoms with Crippen molar-refractivity contribution in [1.29, 1.82) is 5.26 Å². The highest BCUT2D eigenvalue weighted by Gasteiger charge is 2.42. The number of carbonyl (C=O) groups excluding carboxylic acids is 2. The van der Waals surface area contributed by atoms with Crippen molar-refractivity contribution in [2.24, 2.45) is 5.92 Å². The quantitative estimate of drug-likeness (QED) is 0.564. The largest absolute Gasteiger partial charge is 0.393 e. The molecule has 1 saturated heterocycles. The number of aromatic nitrogens is 1. The maximum absolute atomic E-state index is 13.5. The summed E-state index contributed by atoms with van der Waals surface area (Å²) in [6.45, 7) is 3.67. The van der Waals surface area contributed by atoms with Crippen LogP contribution in [0.25, 0.3) is 0 Å². The SMILES string of the molecule is C[C@H](CC(=O)c1ccc(C#N)cc1)C(=O)[N+]1(CCc2ccncc2)CCC(O)CC1. The van der Waals surface area contributed by atoms with Gasteiger partial charge in [-0.05, 0) is 36.8 Å². The molecule has 1 aromatic carbocycles. The molecule has 6 nitrogen and oxygen atoms in total. The van der Waals surface area contributed by atoms with Gasteiger partial charge in [0, 0.05) is 43.6 Å². The highest BCUT2D eigenvalue weighted by Crippen LogP contribution is 2.26. The first-order valence-corrected chi connectivity index (χ1v) is 10.4. The number of likely N-dealkylation sites (tertiary alicyclic amines) is 1. The van der Waals surface area contributed by atoms with Gasteiger partial charge in [0.1, 0.15) is 0 Å². The number of pyridine rings is 1. The van der Waals surface area contributed by atoms with Gasteiger partial charge in [0.05, 0.1) is 43.3 Å². The van der Waals surface area contributed by atoms with Crippen LogP contribution < -0.4 is 0 Å². The summed E-state index contributed by atoms with van der Waals surface area (Å²) in [5.41, 5.74) is 2.15. The van der Waals surface area contributed by atoms with Crippen LogP contribution in [0.2, 0.25) is 0 Å². The van der Waals surface area contributed by atoms with Gasteiger partial charge in [0.2, 0.25) is 0 Å². The number of carbonyl (C=O) groups is 2. The number of nitrogens with zero attached hydrogens (tertiary/aromatic N) is 3. The van der Waals surface area contributed by atoms with Gasteiger partial charge in [0.15, 0.2) is 5.78 Å². The van der Waals surface area contributed by atoms with Crippen LogP contribution in [-0.4, -0.2) is 52.0 Å². The van der Waals surface area contributed by atoms with Crippen molar-refractivity contribution in [3.05, 3.63) is 65.5 Å². The molecule has 1 atom stereocenters. The third-order valence-corrected chi connectivity index (χ3v) is 6.08. The zero-order valence-corrected chi connectivity index (χ0v) is 17.3. The molecular formula is C24H28N3O3+. The number of hydrogen-bond donors (Lipinski definition) is 1. The van der Waals surface area contributed by atoms with E-state index in [9.17, 15) is 14.7 Å². The fraction of sp³-hybridized carbons (Fsp3) is 0.417. The molecule has 0 radical (unpaired) electrons. The number of amides is 1. The van der Waals surface area contributed by atoms with Crippen molar-refractivity contribution in [2.75, 3.05) is 19.6 Å². The number of rotatable bonds is 7. The number of aliphatic hydroxyl groups is 1. The first-order valence-electron chi connectivity index (χ1n) is 10.4.